The summed E-state index contributed by atoms with van der Waals surface area (Å²) in [7, 11) is 0. The zero-order valence-electron chi connectivity index (χ0n) is 13.4. The second-order valence-corrected chi connectivity index (χ2v) is 7.11. The Morgan fingerprint density at radius 1 is 1.21 bits per heavy atom. The van der Waals surface area contributed by atoms with Gasteiger partial charge in [0.1, 0.15) is 5.82 Å². The molecule has 0 saturated carbocycles. The maximum absolute atomic E-state index is 13.7. The number of rotatable bonds is 2. The molecule has 0 aromatic heterocycles. The van der Waals surface area contributed by atoms with Crippen LogP contribution >= 0.6 is 15.9 Å². The van der Waals surface area contributed by atoms with Crippen molar-refractivity contribution in [2.75, 3.05) is 19.6 Å². The highest BCUT2D eigenvalue weighted by Gasteiger charge is 2.31. The van der Waals surface area contributed by atoms with Gasteiger partial charge in [-0.25, -0.2) is 4.39 Å². The van der Waals surface area contributed by atoms with Crippen molar-refractivity contribution in [3.05, 3.63) is 46.2 Å². The molecule has 6 heteroatoms. The molecule has 0 radical (unpaired) electrons. The van der Waals surface area contributed by atoms with Crippen LogP contribution in [0.4, 0.5) is 4.39 Å². The van der Waals surface area contributed by atoms with E-state index in [2.05, 4.69) is 22.5 Å². The van der Waals surface area contributed by atoms with Crippen LogP contribution in [0.5, 0.6) is 0 Å². The first-order valence-corrected chi connectivity index (χ1v) is 8.96. The number of hydrogen-bond donors (Lipinski definition) is 0. The molecule has 1 aromatic carbocycles. The van der Waals surface area contributed by atoms with E-state index in [4.69, 9.17) is 0 Å². The average molecular weight is 395 g/mol. The molecular formula is C18H20BrFN2O2. The van der Waals surface area contributed by atoms with Crippen molar-refractivity contribution in [2.45, 2.75) is 25.8 Å². The molecule has 24 heavy (non-hydrogen) atoms. The van der Waals surface area contributed by atoms with Gasteiger partial charge in [0.2, 0.25) is 11.8 Å². The van der Waals surface area contributed by atoms with E-state index >= 15 is 0 Å². The van der Waals surface area contributed by atoms with Gasteiger partial charge in [0.25, 0.3) is 0 Å². The molecule has 0 spiro atoms. The number of amides is 2. The maximum Gasteiger partial charge on any atom is 0.245 e. The van der Waals surface area contributed by atoms with Gasteiger partial charge in [0.05, 0.1) is 4.47 Å². The summed E-state index contributed by atoms with van der Waals surface area (Å²) < 4.78 is 14.2. The lowest BCUT2D eigenvalue weighted by atomic mass is 9.93. The van der Waals surface area contributed by atoms with Crippen LogP contribution in [-0.4, -0.2) is 41.2 Å². The third kappa shape index (κ3) is 3.24. The molecule has 2 amide bonds. The van der Waals surface area contributed by atoms with Crippen molar-refractivity contribution >= 4 is 27.7 Å². The van der Waals surface area contributed by atoms with Crippen molar-refractivity contribution in [3.8, 4) is 0 Å². The predicted octanol–water partition coefficient (Wildman–Crippen LogP) is 2.90. The summed E-state index contributed by atoms with van der Waals surface area (Å²) in [6, 6.07) is 3.27. The Morgan fingerprint density at radius 3 is 2.58 bits per heavy atom. The fourth-order valence-electron chi connectivity index (χ4n) is 3.49. The smallest absolute Gasteiger partial charge is 0.245 e. The molecule has 2 aliphatic heterocycles. The van der Waals surface area contributed by atoms with E-state index in [0.29, 0.717) is 43.5 Å². The first-order valence-electron chi connectivity index (χ1n) is 8.17. The van der Waals surface area contributed by atoms with Crippen LogP contribution in [0, 0.1) is 11.7 Å². The lowest BCUT2D eigenvalue weighted by Crippen LogP contribution is -2.45. The minimum Gasteiger partial charge on any atom is -0.339 e. The van der Waals surface area contributed by atoms with Crippen molar-refractivity contribution in [1.82, 2.24) is 9.80 Å². The molecule has 1 fully saturated rings. The summed E-state index contributed by atoms with van der Waals surface area (Å²) in [5.41, 5.74) is 1.97. The summed E-state index contributed by atoms with van der Waals surface area (Å²) in [4.78, 5) is 28.0. The van der Waals surface area contributed by atoms with E-state index in [-0.39, 0.29) is 23.5 Å². The lowest BCUT2D eigenvalue weighted by molar-refractivity contribution is -0.140. The Hall–Kier alpha value is -1.69. The fourth-order valence-corrected chi connectivity index (χ4v) is 4.00. The number of nitrogens with zero attached hydrogens (tertiary/aromatic N) is 2. The van der Waals surface area contributed by atoms with E-state index in [9.17, 15) is 14.0 Å². The monoisotopic (exact) mass is 394 g/mol. The summed E-state index contributed by atoms with van der Waals surface area (Å²) in [6.45, 7) is 5.78. The van der Waals surface area contributed by atoms with Crippen LogP contribution in [0.2, 0.25) is 0 Å². The number of halogens is 2. The molecular weight excluding hydrogens is 375 g/mol. The van der Waals surface area contributed by atoms with Gasteiger partial charge in [-0.3, -0.25) is 9.59 Å². The Kier molecular flexibility index (Phi) is 5.04. The molecule has 0 unspecified atom stereocenters. The third-order valence-electron chi connectivity index (χ3n) is 4.94. The van der Waals surface area contributed by atoms with Gasteiger partial charge in [-0.1, -0.05) is 12.6 Å². The van der Waals surface area contributed by atoms with Crippen LogP contribution in [0.1, 0.15) is 24.0 Å². The number of piperidine rings is 1. The van der Waals surface area contributed by atoms with E-state index in [1.54, 1.807) is 11.0 Å². The number of carbonyl (C=O) groups excluding carboxylic acids is 2. The van der Waals surface area contributed by atoms with Crippen LogP contribution in [0.3, 0.4) is 0 Å². The first-order chi connectivity index (χ1) is 11.5. The Bertz CT molecular complexity index is 684. The summed E-state index contributed by atoms with van der Waals surface area (Å²) in [6.07, 6.45) is 3.40. The van der Waals surface area contributed by atoms with Crippen LogP contribution in [0.15, 0.2) is 29.3 Å². The Balaban J connectivity index is 1.66. The molecule has 128 valence electrons. The number of likely N-dealkylation sites (tertiary alicyclic amines) is 1. The minimum absolute atomic E-state index is 0.0623. The maximum atomic E-state index is 13.7. The number of fused-ring (bicyclic) bond motifs is 1. The van der Waals surface area contributed by atoms with Gasteiger partial charge in [-0.15, -0.1) is 0 Å². The van der Waals surface area contributed by atoms with Gasteiger partial charge in [0, 0.05) is 32.1 Å². The second-order valence-electron chi connectivity index (χ2n) is 6.31. The standard InChI is InChI=1S/C18H20BrFN2O2/c1-2-16(23)21-8-6-13(7-9-21)18(24)22-10-5-12-3-4-15(20)17(19)14(12)11-22/h2-4,13H,1,5-11H2. The van der Waals surface area contributed by atoms with Gasteiger partial charge >= 0.3 is 0 Å². The predicted molar refractivity (Wildman–Crippen MR) is 92.7 cm³/mol. The highest BCUT2D eigenvalue weighted by Crippen LogP contribution is 2.30. The van der Waals surface area contributed by atoms with E-state index in [1.807, 2.05) is 4.90 Å². The summed E-state index contributed by atoms with van der Waals surface area (Å²) in [5.74, 6) is -0.318. The third-order valence-corrected chi connectivity index (χ3v) is 5.79. The number of benzene rings is 1. The number of carbonyl (C=O) groups is 2. The molecule has 3 rings (SSSR count). The van der Waals surface area contributed by atoms with E-state index in [1.165, 1.54) is 12.1 Å². The van der Waals surface area contributed by atoms with Gasteiger partial charge in [0.15, 0.2) is 0 Å². The highest BCUT2D eigenvalue weighted by atomic mass is 79.9. The Labute approximate surface area is 149 Å². The van der Waals surface area contributed by atoms with Crippen molar-refractivity contribution in [1.29, 1.82) is 0 Å². The lowest BCUT2D eigenvalue weighted by Gasteiger charge is -2.36. The van der Waals surface area contributed by atoms with Crippen molar-refractivity contribution in [2.24, 2.45) is 5.92 Å². The summed E-state index contributed by atoms with van der Waals surface area (Å²) in [5, 5.41) is 0. The number of hydrogen-bond acceptors (Lipinski definition) is 2. The topological polar surface area (TPSA) is 40.6 Å². The molecule has 1 aromatic rings. The zero-order valence-corrected chi connectivity index (χ0v) is 15.0. The fraction of sp³-hybridized carbons (Fsp3) is 0.444. The molecule has 4 nitrogen and oxygen atoms in total. The van der Waals surface area contributed by atoms with Crippen LogP contribution < -0.4 is 0 Å². The molecule has 0 N–H and O–H groups in total. The second kappa shape index (κ2) is 7.05. The summed E-state index contributed by atoms with van der Waals surface area (Å²) >= 11 is 3.30. The highest BCUT2D eigenvalue weighted by molar-refractivity contribution is 9.10. The molecule has 2 heterocycles. The van der Waals surface area contributed by atoms with Gasteiger partial charge in [-0.05, 0) is 58.5 Å². The molecule has 0 atom stereocenters. The van der Waals surface area contributed by atoms with Crippen molar-refractivity contribution < 1.29 is 14.0 Å². The van der Waals surface area contributed by atoms with E-state index < -0.39 is 0 Å². The largest absolute Gasteiger partial charge is 0.339 e. The zero-order chi connectivity index (χ0) is 17.3. The Morgan fingerprint density at radius 2 is 1.92 bits per heavy atom. The molecule has 0 bridgehead atoms. The van der Waals surface area contributed by atoms with Crippen LogP contribution in [0.25, 0.3) is 0 Å². The van der Waals surface area contributed by atoms with Crippen molar-refractivity contribution in [3.63, 3.8) is 0 Å². The SMILES string of the molecule is C=CC(=O)N1CCC(C(=O)N2CCc3ccc(F)c(Br)c3C2)CC1. The normalized spacial score (nSPS) is 18.2. The quantitative estimate of drug-likeness (QED) is 0.723. The minimum atomic E-state index is -0.292. The molecule has 0 aliphatic carbocycles. The molecule has 2 aliphatic rings. The van der Waals surface area contributed by atoms with E-state index in [0.717, 1.165) is 17.5 Å². The van der Waals surface area contributed by atoms with Crippen LogP contribution in [-0.2, 0) is 22.6 Å². The van der Waals surface area contributed by atoms with Gasteiger partial charge in [-0.2, -0.15) is 0 Å². The molecule has 1 saturated heterocycles. The average Bonchev–Trinajstić information content (AvgIpc) is 2.63. The van der Waals surface area contributed by atoms with Gasteiger partial charge < -0.3 is 9.80 Å². The first kappa shape index (κ1) is 17.1.